The zero-order chi connectivity index (χ0) is 15.2. The third kappa shape index (κ3) is 3.55. The molecule has 0 aliphatic rings. The lowest BCUT2D eigenvalue weighted by Gasteiger charge is -2.15. The number of phenols is 2. The van der Waals surface area contributed by atoms with Crippen molar-refractivity contribution in [2.45, 2.75) is 0 Å². The van der Waals surface area contributed by atoms with E-state index in [9.17, 15) is 10.2 Å². The summed E-state index contributed by atoms with van der Waals surface area (Å²) in [4.78, 5) is 0. The first-order valence-electron chi connectivity index (χ1n) is 6.50. The third-order valence-electron chi connectivity index (χ3n) is 3.05. The van der Waals surface area contributed by atoms with Crippen LogP contribution in [0.15, 0.2) is 54.3 Å². The summed E-state index contributed by atoms with van der Waals surface area (Å²) in [7, 11) is 3.15. The number of hydrogen-bond acceptors (Lipinski definition) is 4. The normalized spacial score (nSPS) is 11.9. The predicted molar refractivity (Wildman–Crippen MR) is 81.1 cm³/mol. The molecule has 2 rings (SSSR count). The van der Waals surface area contributed by atoms with E-state index in [0.717, 1.165) is 11.1 Å². The van der Waals surface area contributed by atoms with Gasteiger partial charge in [-0.25, -0.2) is 0 Å². The maximum absolute atomic E-state index is 9.72. The van der Waals surface area contributed by atoms with Crippen molar-refractivity contribution in [3.8, 4) is 11.5 Å². The summed E-state index contributed by atoms with van der Waals surface area (Å²) in [6.07, 6.45) is 0. The minimum absolute atomic E-state index is 0.00805. The second-order valence-electron chi connectivity index (χ2n) is 4.54. The molecule has 110 valence electrons. The molecule has 2 aromatic carbocycles. The highest BCUT2D eigenvalue weighted by Gasteiger charge is 2.14. The van der Waals surface area contributed by atoms with Crippen LogP contribution in [0.5, 0.6) is 11.5 Å². The second-order valence-corrected chi connectivity index (χ2v) is 4.54. The molecule has 21 heavy (non-hydrogen) atoms. The first kappa shape index (κ1) is 14.9. The fraction of sp³-hybridized carbons (Fsp3) is 0.176. The zero-order valence-electron chi connectivity index (χ0n) is 12.0. The Hall–Kier alpha value is -2.46. The number of rotatable bonds is 5. The molecule has 0 radical (unpaired) electrons. The molecule has 0 bridgehead atoms. The summed E-state index contributed by atoms with van der Waals surface area (Å²) in [5.41, 5.74) is 2.34. The van der Waals surface area contributed by atoms with E-state index >= 15 is 0 Å². The van der Waals surface area contributed by atoms with Crippen LogP contribution in [0.1, 0.15) is 11.1 Å². The molecular formula is C17H18O4. The molecule has 4 nitrogen and oxygen atoms in total. The summed E-state index contributed by atoms with van der Waals surface area (Å²) >= 11 is 0. The SMILES string of the molecule is COC/C(OC)=C(/c1ccccc1)c1cc(O)cc(O)c1. The molecule has 2 N–H and O–H groups in total. The van der Waals surface area contributed by atoms with E-state index in [0.29, 0.717) is 11.3 Å². The lowest BCUT2D eigenvalue weighted by atomic mass is 9.96. The topological polar surface area (TPSA) is 58.9 Å². The summed E-state index contributed by atoms with van der Waals surface area (Å²) < 4.78 is 10.6. The zero-order valence-corrected chi connectivity index (χ0v) is 12.0. The van der Waals surface area contributed by atoms with Crippen molar-refractivity contribution in [3.05, 3.63) is 65.4 Å². The van der Waals surface area contributed by atoms with Crippen LogP contribution in [0, 0.1) is 0 Å². The van der Waals surface area contributed by atoms with Gasteiger partial charge in [-0.2, -0.15) is 0 Å². The number of ether oxygens (including phenoxy) is 2. The Morgan fingerprint density at radius 1 is 0.905 bits per heavy atom. The number of methoxy groups -OCH3 is 2. The van der Waals surface area contributed by atoms with Gasteiger partial charge < -0.3 is 19.7 Å². The van der Waals surface area contributed by atoms with E-state index in [2.05, 4.69) is 0 Å². The van der Waals surface area contributed by atoms with Crippen molar-refractivity contribution < 1.29 is 19.7 Å². The van der Waals surface area contributed by atoms with E-state index in [4.69, 9.17) is 9.47 Å². The van der Waals surface area contributed by atoms with Crippen molar-refractivity contribution in [3.63, 3.8) is 0 Å². The Kier molecular flexibility index (Phi) is 4.85. The van der Waals surface area contributed by atoms with Gasteiger partial charge in [-0.3, -0.25) is 0 Å². The molecular weight excluding hydrogens is 268 g/mol. The van der Waals surface area contributed by atoms with Crippen LogP contribution in [0.3, 0.4) is 0 Å². The van der Waals surface area contributed by atoms with Gasteiger partial charge in [0.25, 0.3) is 0 Å². The van der Waals surface area contributed by atoms with Gasteiger partial charge in [-0.1, -0.05) is 30.3 Å². The standard InChI is InChI=1S/C17H18O4/c1-20-11-16(21-2)17(12-6-4-3-5-7-12)13-8-14(18)10-15(19)9-13/h3-10,18-19H,11H2,1-2H3/b17-16+. The van der Waals surface area contributed by atoms with Crippen LogP contribution < -0.4 is 0 Å². The van der Waals surface area contributed by atoms with Crippen molar-refractivity contribution in [2.75, 3.05) is 20.8 Å². The molecule has 2 aromatic rings. The highest BCUT2D eigenvalue weighted by Crippen LogP contribution is 2.32. The Balaban J connectivity index is 2.66. The molecule has 0 aliphatic heterocycles. The predicted octanol–water partition coefficient (Wildman–Crippen LogP) is 3.15. The highest BCUT2D eigenvalue weighted by atomic mass is 16.5. The molecule has 0 heterocycles. The molecule has 4 heteroatoms. The molecule has 0 saturated heterocycles. The van der Waals surface area contributed by atoms with Gasteiger partial charge in [0.2, 0.25) is 0 Å². The van der Waals surface area contributed by atoms with Crippen molar-refractivity contribution >= 4 is 5.57 Å². The molecule has 0 unspecified atom stereocenters. The van der Waals surface area contributed by atoms with Crippen LogP contribution >= 0.6 is 0 Å². The second kappa shape index (κ2) is 6.81. The van der Waals surface area contributed by atoms with Crippen LogP contribution in [0.4, 0.5) is 0 Å². The summed E-state index contributed by atoms with van der Waals surface area (Å²) in [5.74, 6) is 0.603. The molecule has 0 aromatic heterocycles. The fourth-order valence-electron chi connectivity index (χ4n) is 2.20. The number of phenolic OH excluding ortho intramolecular Hbond substituents is 2. The molecule has 0 aliphatic carbocycles. The Morgan fingerprint density at radius 3 is 2.05 bits per heavy atom. The average molecular weight is 286 g/mol. The minimum atomic E-state index is -0.00805. The molecule has 0 atom stereocenters. The van der Waals surface area contributed by atoms with Gasteiger partial charge >= 0.3 is 0 Å². The Labute approximate surface area is 123 Å². The number of benzene rings is 2. The van der Waals surface area contributed by atoms with Crippen molar-refractivity contribution in [1.82, 2.24) is 0 Å². The van der Waals surface area contributed by atoms with Crippen LogP contribution in [0.2, 0.25) is 0 Å². The third-order valence-corrected chi connectivity index (χ3v) is 3.05. The molecule has 0 amide bonds. The van der Waals surface area contributed by atoms with E-state index in [1.54, 1.807) is 26.4 Å². The Morgan fingerprint density at radius 2 is 1.52 bits per heavy atom. The summed E-state index contributed by atoms with van der Waals surface area (Å²) in [5, 5.41) is 19.4. The minimum Gasteiger partial charge on any atom is -0.508 e. The quantitative estimate of drug-likeness (QED) is 0.829. The van der Waals surface area contributed by atoms with Crippen molar-refractivity contribution in [2.24, 2.45) is 0 Å². The van der Waals surface area contributed by atoms with Gasteiger partial charge in [0.05, 0.1) is 7.11 Å². The van der Waals surface area contributed by atoms with Gasteiger partial charge in [-0.05, 0) is 23.3 Å². The van der Waals surface area contributed by atoms with Crippen molar-refractivity contribution in [1.29, 1.82) is 0 Å². The molecule has 0 fully saturated rings. The van der Waals surface area contributed by atoms with Crippen LogP contribution in [-0.2, 0) is 9.47 Å². The number of aromatic hydroxyl groups is 2. The van der Waals surface area contributed by atoms with Crippen LogP contribution in [-0.4, -0.2) is 31.0 Å². The first-order valence-corrected chi connectivity index (χ1v) is 6.50. The Bertz CT molecular complexity index is 612. The summed E-state index contributed by atoms with van der Waals surface area (Å²) in [6, 6.07) is 14.1. The lowest BCUT2D eigenvalue weighted by Crippen LogP contribution is -2.03. The van der Waals surface area contributed by atoms with Crippen LogP contribution in [0.25, 0.3) is 5.57 Å². The van der Waals surface area contributed by atoms with Gasteiger partial charge in [-0.15, -0.1) is 0 Å². The van der Waals surface area contributed by atoms with Gasteiger partial charge in [0, 0.05) is 18.7 Å². The van der Waals surface area contributed by atoms with E-state index in [1.165, 1.54) is 6.07 Å². The highest BCUT2D eigenvalue weighted by molar-refractivity contribution is 5.82. The smallest absolute Gasteiger partial charge is 0.130 e. The molecule has 0 saturated carbocycles. The average Bonchev–Trinajstić information content (AvgIpc) is 2.47. The molecule has 0 spiro atoms. The number of hydrogen-bond donors (Lipinski definition) is 2. The summed E-state index contributed by atoms with van der Waals surface area (Å²) in [6.45, 7) is 0.289. The maximum Gasteiger partial charge on any atom is 0.130 e. The largest absolute Gasteiger partial charge is 0.508 e. The maximum atomic E-state index is 9.72. The van der Waals surface area contributed by atoms with E-state index in [-0.39, 0.29) is 18.1 Å². The van der Waals surface area contributed by atoms with Gasteiger partial charge in [0.1, 0.15) is 23.9 Å². The lowest BCUT2D eigenvalue weighted by molar-refractivity contribution is 0.161. The fourth-order valence-corrected chi connectivity index (χ4v) is 2.20. The van der Waals surface area contributed by atoms with Gasteiger partial charge in [0.15, 0.2) is 0 Å². The van der Waals surface area contributed by atoms with E-state index < -0.39 is 0 Å². The monoisotopic (exact) mass is 286 g/mol. The first-order chi connectivity index (χ1) is 10.2. The van der Waals surface area contributed by atoms with E-state index in [1.807, 2.05) is 30.3 Å².